The minimum absolute atomic E-state index is 0.0153. The highest BCUT2D eigenvalue weighted by molar-refractivity contribution is 5.98. The number of pyridine rings is 1. The van der Waals surface area contributed by atoms with Gasteiger partial charge in [0, 0.05) is 30.9 Å². The molecule has 0 bridgehead atoms. The maximum absolute atomic E-state index is 11.7. The Morgan fingerprint density at radius 1 is 1.21 bits per heavy atom. The van der Waals surface area contributed by atoms with E-state index in [-0.39, 0.29) is 11.6 Å². The van der Waals surface area contributed by atoms with Crippen LogP contribution in [0.4, 0.5) is 17.1 Å². The maximum Gasteiger partial charge on any atom is 0.269 e. The van der Waals surface area contributed by atoms with E-state index in [0.29, 0.717) is 11.4 Å². The number of nitro benzene ring substituents is 1. The number of anilines is 2. The summed E-state index contributed by atoms with van der Waals surface area (Å²) in [6, 6.07) is 9.26. The fourth-order valence-corrected chi connectivity index (χ4v) is 1.72. The standard InChI is InChI=1S/C13H11N3O3/c1-10(17)15(13-3-2-8-14-9-13)11-4-6-12(7-5-11)16(18)19/h2-9H,1H3. The predicted octanol–water partition coefficient (Wildman–Crippen LogP) is 2.67. The summed E-state index contributed by atoms with van der Waals surface area (Å²) in [5.74, 6) is -0.193. The molecule has 0 aliphatic rings. The van der Waals surface area contributed by atoms with Gasteiger partial charge in [0.15, 0.2) is 0 Å². The van der Waals surface area contributed by atoms with Crippen molar-refractivity contribution < 1.29 is 9.72 Å². The van der Waals surface area contributed by atoms with Crippen molar-refractivity contribution in [3.63, 3.8) is 0 Å². The van der Waals surface area contributed by atoms with Crippen molar-refractivity contribution in [1.82, 2.24) is 4.98 Å². The highest BCUT2D eigenvalue weighted by Crippen LogP contribution is 2.26. The van der Waals surface area contributed by atoms with Gasteiger partial charge in [0.25, 0.3) is 5.69 Å². The summed E-state index contributed by atoms with van der Waals surface area (Å²) >= 11 is 0. The van der Waals surface area contributed by atoms with E-state index in [0.717, 1.165) is 0 Å². The third kappa shape index (κ3) is 2.74. The smallest absolute Gasteiger partial charge is 0.269 e. The summed E-state index contributed by atoms with van der Waals surface area (Å²) in [5.41, 5.74) is 1.16. The normalized spacial score (nSPS) is 9.95. The lowest BCUT2D eigenvalue weighted by atomic mass is 10.2. The molecule has 2 aromatic rings. The predicted molar refractivity (Wildman–Crippen MR) is 70.2 cm³/mol. The number of amides is 1. The molecule has 19 heavy (non-hydrogen) atoms. The number of hydrogen-bond acceptors (Lipinski definition) is 4. The lowest BCUT2D eigenvalue weighted by molar-refractivity contribution is -0.384. The van der Waals surface area contributed by atoms with Crippen LogP contribution < -0.4 is 4.90 Å². The quantitative estimate of drug-likeness (QED) is 0.625. The Kier molecular flexibility index (Phi) is 3.51. The van der Waals surface area contributed by atoms with Gasteiger partial charge in [0.2, 0.25) is 5.91 Å². The van der Waals surface area contributed by atoms with Crippen LogP contribution in [0.1, 0.15) is 6.92 Å². The van der Waals surface area contributed by atoms with E-state index < -0.39 is 4.92 Å². The molecule has 2 rings (SSSR count). The number of aromatic nitrogens is 1. The molecule has 0 spiro atoms. The molecule has 0 aliphatic heterocycles. The first-order chi connectivity index (χ1) is 9.09. The minimum Gasteiger partial charge on any atom is -0.280 e. The van der Waals surface area contributed by atoms with Gasteiger partial charge in [-0.05, 0) is 24.3 Å². The van der Waals surface area contributed by atoms with Crippen molar-refractivity contribution in [2.75, 3.05) is 4.90 Å². The van der Waals surface area contributed by atoms with Crippen molar-refractivity contribution in [2.24, 2.45) is 0 Å². The number of hydrogen-bond donors (Lipinski definition) is 0. The Morgan fingerprint density at radius 3 is 2.37 bits per heavy atom. The van der Waals surface area contributed by atoms with Crippen LogP contribution in [0.25, 0.3) is 0 Å². The number of nitro groups is 1. The first-order valence-corrected chi connectivity index (χ1v) is 5.55. The number of carbonyl (C=O) groups excluding carboxylic acids is 1. The molecule has 0 saturated carbocycles. The highest BCUT2D eigenvalue weighted by atomic mass is 16.6. The largest absolute Gasteiger partial charge is 0.280 e. The molecule has 96 valence electrons. The SMILES string of the molecule is CC(=O)N(c1ccc([N+](=O)[O-])cc1)c1cccnc1. The zero-order chi connectivity index (χ0) is 13.8. The van der Waals surface area contributed by atoms with Crippen molar-refractivity contribution in [3.8, 4) is 0 Å². The molecule has 0 aliphatic carbocycles. The summed E-state index contributed by atoms with van der Waals surface area (Å²) < 4.78 is 0. The van der Waals surface area contributed by atoms with Crippen LogP contribution in [-0.2, 0) is 4.79 Å². The number of benzene rings is 1. The van der Waals surface area contributed by atoms with Crippen molar-refractivity contribution in [2.45, 2.75) is 6.92 Å². The zero-order valence-corrected chi connectivity index (χ0v) is 10.2. The lowest BCUT2D eigenvalue weighted by Gasteiger charge is -2.20. The minimum atomic E-state index is -0.480. The average Bonchev–Trinajstić information content (AvgIpc) is 2.40. The molecule has 6 nitrogen and oxygen atoms in total. The number of non-ortho nitro benzene ring substituents is 1. The van der Waals surface area contributed by atoms with Crippen LogP contribution in [0.5, 0.6) is 0 Å². The summed E-state index contributed by atoms with van der Waals surface area (Å²) in [7, 11) is 0. The Bertz CT molecular complexity index is 596. The maximum atomic E-state index is 11.7. The summed E-state index contributed by atoms with van der Waals surface area (Å²) in [4.78, 5) is 27.2. The fourth-order valence-electron chi connectivity index (χ4n) is 1.72. The molecule has 1 aromatic carbocycles. The first-order valence-electron chi connectivity index (χ1n) is 5.55. The van der Waals surface area contributed by atoms with E-state index >= 15 is 0 Å². The molecule has 0 unspecified atom stereocenters. The van der Waals surface area contributed by atoms with Crippen LogP contribution >= 0.6 is 0 Å². The highest BCUT2D eigenvalue weighted by Gasteiger charge is 2.15. The van der Waals surface area contributed by atoms with E-state index in [1.165, 1.54) is 36.1 Å². The van der Waals surface area contributed by atoms with Gasteiger partial charge in [-0.25, -0.2) is 0 Å². The number of nitrogens with zero attached hydrogens (tertiary/aromatic N) is 3. The number of carbonyl (C=O) groups is 1. The van der Waals surface area contributed by atoms with Crippen LogP contribution in [0.3, 0.4) is 0 Å². The Labute approximate surface area is 109 Å². The molecule has 0 N–H and O–H groups in total. The van der Waals surface area contributed by atoms with Gasteiger partial charge >= 0.3 is 0 Å². The molecule has 0 saturated heterocycles. The molecule has 1 heterocycles. The second-order valence-corrected chi connectivity index (χ2v) is 3.84. The van der Waals surface area contributed by atoms with E-state index in [1.807, 2.05) is 0 Å². The van der Waals surface area contributed by atoms with Crippen molar-refractivity contribution in [1.29, 1.82) is 0 Å². The van der Waals surface area contributed by atoms with Crippen LogP contribution in [0.15, 0.2) is 48.8 Å². The summed E-state index contributed by atoms with van der Waals surface area (Å²) in [6.07, 6.45) is 3.17. The molecular weight excluding hydrogens is 246 g/mol. The van der Waals surface area contributed by atoms with Gasteiger partial charge in [-0.15, -0.1) is 0 Å². The van der Waals surface area contributed by atoms with Crippen LogP contribution in [0.2, 0.25) is 0 Å². The van der Waals surface area contributed by atoms with Gasteiger partial charge in [-0.3, -0.25) is 24.8 Å². The van der Waals surface area contributed by atoms with Crippen LogP contribution in [-0.4, -0.2) is 15.8 Å². The summed E-state index contributed by atoms with van der Waals surface area (Å²) in [5, 5.41) is 10.6. The number of rotatable bonds is 3. The van der Waals surface area contributed by atoms with E-state index in [1.54, 1.807) is 24.5 Å². The topological polar surface area (TPSA) is 76.3 Å². The lowest BCUT2D eigenvalue weighted by Crippen LogP contribution is -2.22. The van der Waals surface area contributed by atoms with Gasteiger partial charge < -0.3 is 0 Å². The van der Waals surface area contributed by atoms with E-state index in [2.05, 4.69) is 4.98 Å². The molecule has 0 radical (unpaired) electrons. The Morgan fingerprint density at radius 2 is 1.89 bits per heavy atom. The molecule has 1 amide bonds. The second-order valence-electron chi connectivity index (χ2n) is 3.84. The van der Waals surface area contributed by atoms with Crippen molar-refractivity contribution >= 4 is 23.0 Å². The molecule has 0 atom stereocenters. The van der Waals surface area contributed by atoms with E-state index in [9.17, 15) is 14.9 Å². The van der Waals surface area contributed by atoms with Crippen molar-refractivity contribution in [3.05, 3.63) is 58.9 Å². The Balaban J connectivity index is 2.40. The monoisotopic (exact) mass is 257 g/mol. The van der Waals surface area contributed by atoms with Crippen LogP contribution in [0, 0.1) is 10.1 Å². The molecule has 6 heteroatoms. The van der Waals surface area contributed by atoms with Gasteiger partial charge in [0.1, 0.15) is 0 Å². The molecular formula is C13H11N3O3. The third-order valence-electron chi connectivity index (χ3n) is 2.54. The molecule has 1 aromatic heterocycles. The molecule has 0 fully saturated rings. The second kappa shape index (κ2) is 5.26. The van der Waals surface area contributed by atoms with Gasteiger partial charge in [-0.2, -0.15) is 0 Å². The third-order valence-corrected chi connectivity index (χ3v) is 2.54. The van der Waals surface area contributed by atoms with E-state index in [4.69, 9.17) is 0 Å². The Hall–Kier alpha value is -2.76. The average molecular weight is 257 g/mol. The zero-order valence-electron chi connectivity index (χ0n) is 10.2. The fraction of sp³-hybridized carbons (Fsp3) is 0.0769. The first kappa shape index (κ1) is 12.7. The summed E-state index contributed by atoms with van der Waals surface area (Å²) in [6.45, 7) is 1.43. The van der Waals surface area contributed by atoms with Gasteiger partial charge in [-0.1, -0.05) is 0 Å². The van der Waals surface area contributed by atoms with Gasteiger partial charge in [0.05, 0.1) is 16.8 Å².